The summed E-state index contributed by atoms with van der Waals surface area (Å²) in [6.45, 7) is 2.78. The molecule has 1 amide bonds. The zero-order valence-electron chi connectivity index (χ0n) is 13.3. The second-order valence-electron chi connectivity index (χ2n) is 5.93. The van der Waals surface area contributed by atoms with E-state index in [9.17, 15) is 4.79 Å². The molecule has 1 aliphatic heterocycles. The van der Waals surface area contributed by atoms with E-state index < -0.39 is 0 Å². The van der Waals surface area contributed by atoms with Crippen molar-refractivity contribution < 1.29 is 9.21 Å². The Bertz CT molecular complexity index is 675. The van der Waals surface area contributed by atoms with E-state index in [0.717, 1.165) is 36.9 Å². The first-order valence-corrected chi connectivity index (χ1v) is 8.83. The van der Waals surface area contributed by atoms with E-state index in [0.29, 0.717) is 5.76 Å². The molecule has 0 unspecified atom stereocenters. The lowest BCUT2D eigenvalue weighted by Crippen LogP contribution is -2.39. The molecule has 1 aliphatic rings. The summed E-state index contributed by atoms with van der Waals surface area (Å²) in [6, 6.07) is 12.0. The number of hydrazone groups is 1. The molecule has 24 heavy (non-hydrogen) atoms. The third-order valence-electron chi connectivity index (χ3n) is 4.19. The number of benzene rings is 1. The van der Waals surface area contributed by atoms with Crippen molar-refractivity contribution in [2.75, 3.05) is 13.1 Å². The fraction of sp³-hybridized carbons (Fsp3) is 0.333. The number of piperidine rings is 1. The normalized spacial score (nSPS) is 16.5. The van der Waals surface area contributed by atoms with Gasteiger partial charge in [0, 0.05) is 16.9 Å². The SMILES string of the molecule is O=C(N/N=C\c1ccco1)C1CCN(Cc2ccc(Br)cc2)CC1. The van der Waals surface area contributed by atoms with Crippen LogP contribution in [0.3, 0.4) is 0 Å². The standard InChI is InChI=1S/C18H20BrN3O2/c19-16-5-3-14(4-6-16)13-22-9-7-15(8-10-22)18(23)21-20-12-17-2-1-11-24-17/h1-6,11-12,15H,7-10,13H2,(H,21,23)/b20-12-. The molecule has 2 aromatic rings. The van der Waals surface area contributed by atoms with Crippen LogP contribution in [-0.4, -0.2) is 30.1 Å². The number of furan rings is 1. The Hall–Kier alpha value is -1.92. The number of nitrogens with one attached hydrogen (secondary N) is 1. The van der Waals surface area contributed by atoms with Crippen LogP contribution in [0.4, 0.5) is 0 Å². The molecule has 0 atom stereocenters. The number of halogens is 1. The van der Waals surface area contributed by atoms with Crippen molar-refractivity contribution in [3.63, 3.8) is 0 Å². The van der Waals surface area contributed by atoms with E-state index in [1.165, 1.54) is 11.8 Å². The number of carbonyl (C=O) groups is 1. The van der Waals surface area contributed by atoms with Crippen LogP contribution in [0.1, 0.15) is 24.2 Å². The Balaban J connectivity index is 1.42. The molecule has 1 aromatic heterocycles. The lowest BCUT2D eigenvalue weighted by molar-refractivity contribution is -0.126. The Morgan fingerprint density at radius 1 is 1.29 bits per heavy atom. The van der Waals surface area contributed by atoms with Crippen LogP contribution in [0.5, 0.6) is 0 Å². The number of carbonyl (C=O) groups excluding carboxylic acids is 1. The van der Waals surface area contributed by atoms with E-state index >= 15 is 0 Å². The van der Waals surface area contributed by atoms with Crippen LogP contribution in [0.15, 0.2) is 56.7 Å². The lowest BCUT2D eigenvalue weighted by Gasteiger charge is -2.30. The highest BCUT2D eigenvalue weighted by Gasteiger charge is 2.24. The minimum atomic E-state index is -0.0129. The molecule has 1 aromatic carbocycles. The van der Waals surface area contributed by atoms with Crippen LogP contribution in [0, 0.1) is 5.92 Å². The highest BCUT2D eigenvalue weighted by atomic mass is 79.9. The second-order valence-corrected chi connectivity index (χ2v) is 6.84. The summed E-state index contributed by atoms with van der Waals surface area (Å²) in [5.41, 5.74) is 3.90. The van der Waals surface area contributed by atoms with Gasteiger partial charge in [0.05, 0.1) is 12.5 Å². The molecule has 1 N–H and O–H groups in total. The average Bonchev–Trinajstić information content (AvgIpc) is 3.11. The second kappa shape index (κ2) is 8.26. The summed E-state index contributed by atoms with van der Waals surface area (Å²) in [4.78, 5) is 14.5. The van der Waals surface area contributed by atoms with Crippen molar-refractivity contribution >= 4 is 28.1 Å². The monoisotopic (exact) mass is 389 g/mol. The van der Waals surface area contributed by atoms with Crippen LogP contribution < -0.4 is 5.43 Å². The molecule has 0 saturated carbocycles. The molecule has 0 spiro atoms. The quantitative estimate of drug-likeness (QED) is 0.629. The van der Waals surface area contributed by atoms with Gasteiger partial charge in [-0.05, 0) is 55.8 Å². The molecule has 126 valence electrons. The van der Waals surface area contributed by atoms with Gasteiger partial charge in [-0.1, -0.05) is 28.1 Å². The lowest BCUT2D eigenvalue weighted by atomic mass is 9.96. The van der Waals surface area contributed by atoms with E-state index in [1.807, 2.05) is 0 Å². The molecule has 3 rings (SSSR count). The molecule has 6 heteroatoms. The zero-order valence-corrected chi connectivity index (χ0v) is 14.9. The molecule has 1 fully saturated rings. The maximum Gasteiger partial charge on any atom is 0.243 e. The fourth-order valence-electron chi connectivity index (χ4n) is 2.82. The molecule has 1 saturated heterocycles. The number of likely N-dealkylation sites (tertiary alicyclic amines) is 1. The first-order chi connectivity index (χ1) is 11.7. The van der Waals surface area contributed by atoms with Gasteiger partial charge >= 0.3 is 0 Å². The summed E-state index contributed by atoms with van der Waals surface area (Å²) >= 11 is 3.45. The molecular weight excluding hydrogens is 370 g/mol. The minimum Gasteiger partial charge on any atom is -0.463 e. The van der Waals surface area contributed by atoms with Gasteiger partial charge in [0.2, 0.25) is 5.91 Å². The summed E-state index contributed by atoms with van der Waals surface area (Å²) in [6.07, 6.45) is 4.81. The summed E-state index contributed by atoms with van der Waals surface area (Å²) in [5.74, 6) is 0.639. The first-order valence-electron chi connectivity index (χ1n) is 8.04. The van der Waals surface area contributed by atoms with E-state index in [1.54, 1.807) is 18.4 Å². The van der Waals surface area contributed by atoms with Gasteiger partial charge in [-0.3, -0.25) is 9.69 Å². The summed E-state index contributed by atoms with van der Waals surface area (Å²) in [5, 5.41) is 3.95. The molecule has 2 heterocycles. The maximum absolute atomic E-state index is 12.1. The van der Waals surface area contributed by atoms with Gasteiger partial charge in [0.1, 0.15) is 5.76 Å². The first kappa shape index (κ1) is 16.9. The van der Waals surface area contributed by atoms with Gasteiger partial charge in [0.15, 0.2) is 0 Å². The number of rotatable bonds is 5. The van der Waals surface area contributed by atoms with Crippen molar-refractivity contribution in [3.8, 4) is 0 Å². The topological polar surface area (TPSA) is 57.8 Å². The van der Waals surface area contributed by atoms with Crippen molar-refractivity contribution in [1.29, 1.82) is 0 Å². The molecule has 0 aliphatic carbocycles. The number of hydrogen-bond donors (Lipinski definition) is 1. The van der Waals surface area contributed by atoms with E-state index in [2.05, 4.69) is 55.6 Å². The minimum absolute atomic E-state index is 0.0129. The predicted molar refractivity (Wildman–Crippen MR) is 96.6 cm³/mol. The third-order valence-corrected chi connectivity index (χ3v) is 4.72. The third kappa shape index (κ3) is 4.79. The van der Waals surface area contributed by atoms with Crippen LogP contribution in [0.25, 0.3) is 0 Å². The van der Waals surface area contributed by atoms with Gasteiger partial charge in [-0.2, -0.15) is 5.10 Å². The average molecular weight is 390 g/mol. The van der Waals surface area contributed by atoms with Crippen LogP contribution in [-0.2, 0) is 11.3 Å². The van der Waals surface area contributed by atoms with Gasteiger partial charge in [-0.25, -0.2) is 5.43 Å². The maximum atomic E-state index is 12.1. The summed E-state index contributed by atoms with van der Waals surface area (Å²) < 4.78 is 6.22. The summed E-state index contributed by atoms with van der Waals surface area (Å²) in [7, 11) is 0. The van der Waals surface area contributed by atoms with Crippen LogP contribution >= 0.6 is 15.9 Å². The van der Waals surface area contributed by atoms with Gasteiger partial charge in [0.25, 0.3) is 0 Å². The number of hydrogen-bond acceptors (Lipinski definition) is 4. The highest BCUT2D eigenvalue weighted by molar-refractivity contribution is 9.10. The van der Waals surface area contributed by atoms with Crippen molar-refractivity contribution in [3.05, 3.63) is 58.5 Å². The Morgan fingerprint density at radius 2 is 2.04 bits per heavy atom. The highest BCUT2D eigenvalue weighted by Crippen LogP contribution is 2.20. The van der Waals surface area contributed by atoms with E-state index in [-0.39, 0.29) is 11.8 Å². The van der Waals surface area contributed by atoms with Crippen molar-refractivity contribution in [1.82, 2.24) is 10.3 Å². The smallest absolute Gasteiger partial charge is 0.243 e. The van der Waals surface area contributed by atoms with E-state index in [4.69, 9.17) is 4.42 Å². The molecular formula is C18H20BrN3O2. The molecule has 5 nitrogen and oxygen atoms in total. The number of nitrogens with zero attached hydrogens (tertiary/aromatic N) is 2. The van der Waals surface area contributed by atoms with Crippen LogP contribution in [0.2, 0.25) is 0 Å². The Morgan fingerprint density at radius 3 is 2.71 bits per heavy atom. The molecule has 0 bridgehead atoms. The van der Waals surface area contributed by atoms with Crippen molar-refractivity contribution in [2.45, 2.75) is 19.4 Å². The Labute approximate surface area is 149 Å². The Kier molecular flexibility index (Phi) is 5.82. The molecule has 0 radical (unpaired) electrons. The zero-order chi connectivity index (χ0) is 16.8. The fourth-order valence-corrected chi connectivity index (χ4v) is 3.08. The van der Waals surface area contributed by atoms with Gasteiger partial charge in [-0.15, -0.1) is 0 Å². The van der Waals surface area contributed by atoms with Gasteiger partial charge < -0.3 is 4.42 Å². The van der Waals surface area contributed by atoms with Crippen molar-refractivity contribution in [2.24, 2.45) is 11.0 Å². The number of amides is 1. The predicted octanol–water partition coefficient (Wildman–Crippen LogP) is 3.40. The largest absolute Gasteiger partial charge is 0.463 e.